The molecule has 1 unspecified atom stereocenters. The van der Waals surface area contributed by atoms with Crippen molar-refractivity contribution in [3.63, 3.8) is 0 Å². The third-order valence-electron chi connectivity index (χ3n) is 4.19. The molecule has 19 heavy (non-hydrogen) atoms. The van der Waals surface area contributed by atoms with Gasteiger partial charge in [0, 0.05) is 12.1 Å². The van der Waals surface area contributed by atoms with Crippen LogP contribution in [0.4, 0.5) is 0 Å². The molecule has 3 heteroatoms. The zero-order chi connectivity index (χ0) is 13.7. The van der Waals surface area contributed by atoms with Crippen molar-refractivity contribution in [1.82, 2.24) is 4.90 Å². The van der Waals surface area contributed by atoms with Crippen LogP contribution < -0.4 is 5.73 Å². The molecule has 1 saturated heterocycles. The highest BCUT2D eigenvalue weighted by atomic mass is 32.1. The Hall–Kier alpha value is -0.930. The van der Waals surface area contributed by atoms with Gasteiger partial charge < -0.3 is 5.73 Å². The quantitative estimate of drug-likeness (QED) is 0.855. The maximum atomic E-state index is 5.81. The summed E-state index contributed by atoms with van der Waals surface area (Å²) in [4.78, 5) is 3.06. The molecule has 1 aromatic rings. The molecule has 104 valence electrons. The molecule has 0 saturated carbocycles. The van der Waals surface area contributed by atoms with E-state index in [-0.39, 0.29) is 0 Å². The van der Waals surface area contributed by atoms with Crippen LogP contribution in [-0.2, 0) is 6.54 Å². The molecular weight excluding hydrogens is 252 g/mol. The van der Waals surface area contributed by atoms with Gasteiger partial charge in [-0.25, -0.2) is 0 Å². The fourth-order valence-corrected chi connectivity index (χ4v) is 3.13. The van der Waals surface area contributed by atoms with Gasteiger partial charge in [-0.2, -0.15) is 0 Å². The highest BCUT2D eigenvalue weighted by Gasteiger charge is 2.16. The minimum atomic E-state index is 0.511. The summed E-state index contributed by atoms with van der Waals surface area (Å²) in [5, 5.41) is 0. The largest absolute Gasteiger partial charge is 0.389 e. The lowest BCUT2D eigenvalue weighted by Crippen LogP contribution is -2.26. The molecule has 1 heterocycles. The summed E-state index contributed by atoms with van der Waals surface area (Å²) in [6.07, 6.45) is 5.33. The van der Waals surface area contributed by atoms with Crippen LogP contribution >= 0.6 is 12.2 Å². The van der Waals surface area contributed by atoms with Crippen molar-refractivity contribution in [1.29, 1.82) is 0 Å². The molecule has 2 rings (SSSR count). The fraction of sp³-hybridized carbons (Fsp3) is 0.562. The third kappa shape index (κ3) is 4.02. The van der Waals surface area contributed by atoms with Crippen molar-refractivity contribution >= 4 is 17.2 Å². The average Bonchev–Trinajstić information content (AvgIpc) is 2.64. The number of nitrogens with two attached hydrogens (primary N) is 1. The van der Waals surface area contributed by atoms with Crippen molar-refractivity contribution in [2.45, 2.75) is 39.2 Å². The van der Waals surface area contributed by atoms with Crippen molar-refractivity contribution in [3.8, 4) is 0 Å². The molecule has 0 aromatic heterocycles. The number of rotatable bonds is 4. The first-order valence-electron chi connectivity index (χ1n) is 7.30. The van der Waals surface area contributed by atoms with Gasteiger partial charge >= 0.3 is 0 Å². The summed E-state index contributed by atoms with van der Waals surface area (Å²) in [5.74, 6) is 0.913. The zero-order valence-corrected chi connectivity index (χ0v) is 12.6. The molecular formula is C16H24N2S. The first kappa shape index (κ1) is 14.5. The smallest absolute Gasteiger partial charge is 0.104 e. The molecule has 0 radical (unpaired) electrons. The summed E-state index contributed by atoms with van der Waals surface area (Å²) in [6.45, 7) is 5.68. The normalized spacial score (nSPS) is 21.0. The summed E-state index contributed by atoms with van der Waals surface area (Å²) in [5.41, 5.74) is 8.11. The van der Waals surface area contributed by atoms with Crippen LogP contribution in [-0.4, -0.2) is 23.0 Å². The fourth-order valence-electron chi connectivity index (χ4n) is 2.93. The van der Waals surface area contributed by atoms with Crippen LogP contribution in [0, 0.1) is 5.92 Å². The number of hydrogen-bond donors (Lipinski definition) is 1. The minimum Gasteiger partial charge on any atom is -0.389 e. The zero-order valence-electron chi connectivity index (χ0n) is 11.8. The van der Waals surface area contributed by atoms with Gasteiger partial charge in [-0.05, 0) is 43.8 Å². The second-order valence-corrected chi connectivity index (χ2v) is 5.94. The molecule has 0 spiro atoms. The number of nitrogens with zero attached hydrogens (tertiary/aromatic N) is 1. The Labute approximate surface area is 122 Å². The third-order valence-corrected chi connectivity index (χ3v) is 4.41. The lowest BCUT2D eigenvalue weighted by molar-refractivity contribution is 0.272. The predicted octanol–water partition coefficient (Wildman–Crippen LogP) is 3.33. The van der Waals surface area contributed by atoms with Crippen LogP contribution in [0.2, 0.25) is 0 Å². The SMILES string of the molecule is CCC1CCCN(Cc2ccccc2C(N)=S)CC1. The molecule has 1 atom stereocenters. The van der Waals surface area contributed by atoms with Crippen LogP contribution in [0.5, 0.6) is 0 Å². The molecule has 0 amide bonds. The van der Waals surface area contributed by atoms with Gasteiger partial charge in [0.1, 0.15) is 4.99 Å². The Balaban J connectivity index is 2.03. The van der Waals surface area contributed by atoms with Crippen LogP contribution in [0.1, 0.15) is 43.7 Å². The monoisotopic (exact) mass is 276 g/mol. The Morgan fingerprint density at radius 1 is 1.32 bits per heavy atom. The topological polar surface area (TPSA) is 29.3 Å². The van der Waals surface area contributed by atoms with E-state index in [1.807, 2.05) is 12.1 Å². The van der Waals surface area contributed by atoms with E-state index in [9.17, 15) is 0 Å². The Morgan fingerprint density at radius 2 is 2.11 bits per heavy atom. The second-order valence-electron chi connectivity index (χ2n) is 5.50. The molecule has 1 aliphatic heterocycles. The number of hydrogen-bond acceptors (Lipinski definition) is 2. The van der Waals surface area contributed by atoms with Gasteiger partial charge in [0.05, 0.1) is 0 Å². The van der Waals surface area contributed by atoms with Gasteiger partial charge in [-0.1, -0.05) is 49.8 Å². The van der Waals surface area contributed by atoms with E-state index in [0.29, 0.717) is 4.99 Å². The lowest BCUT2D eigenvalue weighted by Gasteiger charge is -2.21. The predicted molar refractivity (Wildman–Crippen MR) is 85.2 cm³/mol. The van der Waals surface area contributed by atoms with E-state index in [2.05, 4.69) is 24.0 Å². The van der Waals surface area contributed by atoms with Gasteiger partial charge in [-0.3, -0.25) is 4.90 Å². The van der Waals surface area contributed by atoms with Gasteiger partial charge in [0.2, 0.25) is 0 Å². The Kier molecular flexibility index (Phi) is 5.34. The second kappa shape index (κ2) is 7.01. The standard InChI is InChI=1S/C16H24N2S/c1-2-13-6-5-10-18(11-9-13)12-14-7-3-4-8-15(14)16(17)19/h3-4,7-8,13H,2,5-6,9-12H2,1H3,(H2,17,19). The maximum absolute atomic E-state index is 5.81. The first-order valence-corrected chi connectivity index (χ1v) is 7.71. The van der Waals surface area contributed by atoms with Crippen molar-refractivity contribution in [2.75, 3.05) is 13.1 Å². The van der Waals surface area contributed by atoms with E-state index >= 15 is 0 Å². The molecule has 2 N–H and O–H groups in total. The van der Waals surface area contributed by atoms with Crippen LogP contribution in [0.15, 0.2) is 24.3 Å². The molecule has 1 aromatic carbocycles. The summed E-state index contributed by atoms with van der Waals surface area (Å²) in [7, 11) is 0. The molecule has 0 bridgehead atoms. The summed E-state index contributed by atoms with van der Waals surface area (Å²) >= 11 is 5.14. The lowest BCUT2D eigenvalue weighted by atomic mass is 9.98. The molecule has 2 nitrogen and oxygen atoms in total. The molecule has 0 aliphatic carbocycles. The number of thiocarbonyl (C=S) groups is 1. The van der Waals surface area contributed by atoms with E-state index in [4.69, 9.17) is 18.0 Å². The summed E-state index contributed by atoms with van der Waals surface area (Å²) < 4.78 is 0. The van der Waals surface area contributed by atoms with Gasteiger partial charge in [0.25, 0.3) is 0 Å². The van der Waals surface area contributed by atoms with Crippen LogP contribution in [0.3, 0.4) is 0 Å². The van der Waals surface area contributed by atoms with E-state index in [1.165, 1.54) is 44.3 Å². The number of likely N-dealkylation sites (tertiary alicyclic amines) is 1. The highest BCUT2D eigenvalue weighted by molar-refractivity contribution is 7.80. The molecule has 1 aliphatic rings. The first-order chi connectivity index (χ1) is 9.20. The highest BCUT2D eigenvalue weighted by Crippen LogP contribution is 2.22. The van der Waals surface area contributed by atoms with Gasteiger partial charge in [-0.15, -0.1) is 0 Å². The Morgan fingerprint density at radius 3 is 2.84 bits per heavy atom. The van der Waals surface area contributed by atoms with E-state index in [1.54, 1.807) is 0 Å². The Bertz CT molecular complexity index is 431. The molecule has 1 fully saturated rings. The summed E-state index contributed by atoms with van der Waals surface area (Å²) in [6, 6.07) is 8.26. The average molecular weight is 276 g/mol. The van der Waals surface area contributed by atoms with Gasteiger partial charge in [0.15, 0.2) is 0 Å². The minimum absolute atomic E-state index is 0.511. The van der Waals surface area contributed by atoms with Crippen molar-refractivity contribution in [2.24, 2.45) is 11.7 Å². The van der Waals surface area contributed by atoms with Crippen LogP contribution in [0.25, 0.3) is 0 Å². The van der Waals surface area contributed by atoms with Crippen molar-refractivity contribution in [3.05, 3.63) is 35.4 Å². The van der Waals surface area contributed by atoms with E-state index < -0.39 is 0 Å². The van der Waals surface area contributed by atoms with Crippen molar-refractivity contribution < 1.29 is 0 Å². The number of benzene rings is 1. The van der Waals surface area contributed by atoms with E-state index in [0.717, 1.165) is 18.0 Å². The maximum Gasteiger partial charge on any atom is 0.104 e.